The van der Waals surface area contributed by atoms with E-state index >= 15 is 0 Å². The molecule has 0 atom stereocenters. The van der Waals surface area contributed by atoms with Crippen molar-refractivity contribution >= 4 is 27.5 Å². The van der Waals surface area contributed by atoms with Crippen molar-refractivity contribution in [3.8, 4) is 12.3 Å². The smallest absolute Gasteiger partial charge is 0.293 e. The van der Waals surface area contributed by atoms with Crippen molar-refractivity contribution in [2.24, 2.45) is 0 Å². The van der Waals surface area contributed by atoms with E-state index in [0.29, 0.717) is 13.2 Å². The van der Waals surface area contributed by atoms with Crippen molar-refractivity contribution in [3.05, 3.63) is 28.2 Å². The van der Waals surface area contributed by atoms with Gasteiger partial charge in [0.15, 0.2) is 0 Å². The van der Waals surface area contributed by atoms with Crippen LogP contribution >= 0.6 is 15.9 Å². The SMILES string of the molecule is C#CCN1C(=O)C2(OCCO2)c2cc(Br)ccc21. The summed E-state index contributed by atoms with van der Waals surface area (Å²) in [7, 11) is 0. The normalized spacial score (nSPS) is 20.2. The minimum Gasteiger partial charge on any atom is -0.336 e. The molecule has 92 valence electrons. The van der Waals surface area contributed by atoms with Gasteiger partial charge in [-0.25, -0.2) is 0 Å². The van der Waals surface area contributed by atoms with Gasteiger partial charge in [0.1, 0.15) is 0 Å². The van der Waals surface area contributed by atoms with Crippen LogP contribution in [0.15, 0.2) is 22.7 Å². The van der Waals surface area contributed by atoms with Crippen LogP contribution in [0.4, 0.5) is 5.69 Å². The first-order chi connectivity index (χ1) is 8.69. The second-order valence-electron chi connectivity index (χ2n) is 4.07. The first-order valence-electron chi connectivity index (χ1n) is 5.52. The largest absolute Gasteiger partial charge is 0.336 e. The third-order valence-corrected chi connectivity index (χ3v) is 3.57. The van der Waals surface area contributed by atoms with Crippen LogP contribution in [0.25, 0.3) is 0 Å². The summed E-state index contributed by atoms with van der Waals surface area (Å²) in [5.41, 5.74) is 1.47. The Morgan fingerprint density at radius 1 is 1.44 bits per heavy atom. The van der Waals surface area contributed by atoms with E-state index in [0.717, 1.165) is 15.7 Å². The van der Waals surface area contributed by atoms with Gasteiger partial charge >= 0.3 is 0 Å². The van der Waals surface area contributed by atoms with Gasteiger partial charge in [-0.3, -0.25) is 9.69 Å². The fraction of sp³-hybridized carbons (Fsp3) is 0.308. The molecule has 0 radical (unpaired) electrons. The third kappa shape index (κ3) is 1.43. The van der Waals surface area contributed by atoms with E-state index in [1.807, 2.05) is 18.2 Å². The number of rotatable bonds is 1. The molecule has 0 bridgehead atoms. The van der Waals surface area contributed by atoms with Gasteiger partial charge in [0, 0.05) is 10.0 Å². The molecule has 2 aliphatic heterocycles. The highest BCUT2D eigenvalue weighted by Crippen LogP contribution is 2.46. The summed E-state index contributed by atoms with van der Waals surface area (Å²) in [6.45, 7) is 1.02. The van der Waals surface area contributed by atoms with Gasteiger partial charge in [-0.2, -0.15) is 0 Å². The van der Waals surface area contributed by atoms with Gasteiger partial charge in [0.25, 0.3) is 11.7 Å². The second kappa shape index (κ2) is 4.09. The first kappa shape index (κ1) is 11.7. The molecule has 1 spiro atoms. The summed E-state index contributed by atoms with van der Waals surface area (Å²) in [5.74, 6) is 0.944. The Kier molecular flexibility index (Phi) is 2.67. The van der Waals surface area contributed by atoms with Crippen molar-refractivity contribution in [2.45, 2.75) is 5.79 Å². The van der Waals surface area contributed by atoms with Crippen LogP contribution in [-0.4, -0.2) is 25.7 Å². The predicted octanol–water partition coefficient (Wildman–Crippen LogP) is 1.63. The highest BCUT2D eigenvalue weighted by atomic mass is 79.9. The van der Waals surface area contributed by atoms with Crippen LogP contribution in [0.2, 0.25) is 0 Å². The number of carbonyl (C=O) groups excluding carboxylic acids is 1. The van der Waals surface area contributed by atoms with Gasteiger partial charge in [-0.1, -0.05) is 21.9 Å². The van der Waals surface area contributed by atoms with Crippen LogP contribution in [-0.2, 0) is 20.1 Å². The van der Waals surface area contributed by atoms with E-state index in [9.17, 15) is 4.79 Å². The lowest BCUT2D eigenvalue weighted by atomic mass is 10.1. The van der Waals surface area contributed by atoms with Gasteiger partial charge in [-0.15, -0.1) is 6.42 Å². The topological polar surface area (TPSA) is 38.8 Å². The van der Waals surface area contributed by atoms with Crippen molar-refractivity contribution in [1.29, 1.82) is 0 Å². The summed E-state index contributed by atoms with van der Waals surface area (Å²) in [4.78, 5) is 14.0. The number of anilines is 1. The average Bonchev–Trinajstić information content (AvgIpc) is 2.92. The van der Waals surface area contributed by atoms with E-state index < -0.39 is 5.79 Å². The fourth-order valence-corrected chi connectivity index (χ4v) is 2.71. The molecule has 1 amide bonds. The molecule has 0 saturated carbocycles. The molecule has 0 aromatic heterocycles. The van der Waals surface area contributed by atoms with Crippen molar-refractivity contribution in [2.75, 3.05) is 24.7 Å². The van der Waals surface area contributed by atoms with E-state index in [4.69, 9.17) is 15.9 Å². The predicted molar refractivity (Wildman–Crippen MR) is 68.9 cm³/mol. The molecule has 0 N–H and O–H groups in total. The zero-order valence-corrected chi connectivity index (χ0v) is 11.1. The molecule has 1 aromatic rings. The lowest BCUT2D eigenvalue weighted by molar-refractivity contribution is -0.180. The number of hydrogen-bond donors (Lipinski definition) is 0. The number of amides is 1. The summed E-state index contributed by atoms with van der Waals surface area (Å²) >= 11 is 3.39. The molecule has 4 nitrogen and oxygen atoms in total. The number of benzene rings is 1. The minimum absolute atomic E-state index is 0.210. The fourth-order valence-electron chi connectivity index (χ4n) is 2.35. The zero-order valence-electron chi connectivity index (χ0n) is 9.48. The average molecular weight is 308 g/mol. The molecule has 1 fully saturated rings. The number of nitrogens with zero attached hydrogens (tertiary/aromatic N) is 1. The van der Waals surface area contributed by atoms with Gasteiger partial charge in [-0.05, 0) is 18.2 Å². The first-order valence-corrected chi connectivity index (χ1v) is 6.32. The monoisotopic (exact) mass is 307 g/mol. The van der Waals surface area contributed by atoms with Gasteiger partial charge in [0.05, 0.1) is 25.4 Å². The molecule has 2 heterocycles. The highest BCUT2D eigenvalue weighted by molar-refractivity contribution is 9.10. The standard InChI is InChI=1S/C13H10BrNO3/c1-2-5-15-11-4-3-9(14)8-10(11)13(12(15)16)17-6-7-18-13/h1,3-4,8H,5-7H2. The molecular weight excluding hydrogens is 298 g/mol. The quantitative estimate of drug-likeness (QED) is 0.740. The lowest BCUT2D eigenvalue weighted by Crippen LogP contribution is -2.41. The van der Waals surface area contributed by atoms with E-state index in [1.165, 1.54) is 4.90 Å². The van der Waals surface area contributed by atoms with Crippen molar-refractivity contribution in [1.82, 2.24) is 0 Å². The number of hydrogen-bond acceptors (Lipinski definition) is 3. The van der Waals surface area contributed by atoms with Crippen LogP contribution < -0.4 is 4.90 Å². The van der Waals surface area contributed by atoms with Gasteiger partial charge < -0.3 is 9.47 Å². The van der Waals surface area contributed by atoms with Crippen LogP contribution in [0.3, 0.4) is 0 Å². The summed E-state index contributed by atoms with van der Waals surface area (Å²) in [6.07, 6.45) is 5.31. The Balaban J connectivity index is 2.18. The molecule has 18 heavy (non-hydrogen) atoms. The molecule has 2 aliphatic rings. The number of fused-ring (bicyclic) bond motifs is 2. The Hall–Kier alpha value is -1.35. The lowest BCUT2D eigenvalue weighted by Gasteiger charge is -2.20. The maximum atomic E-state index is 12.5. The molecule has 5 heteroatoms. The van der Waals surface area contributed by atoms with E-state index in [2.05, 4.69) is 21.9 Å². The molecule has 3 rings (SSSR count). The molecular formula is C13H10BrNO3. The van der Waals surface area contributed by atoms with Crippen LogP contribution in [0.5, 0.6) is 0 Å². The van der Waals surface area contributed by atoms with Crippen molar-refractivity contribution < 1.29 is 14.3 Å². The number of ether oxygens (including phenoxy) is 2. The highest BCUT2D eigenvalue weighted by Gasteiger charge is 2.55. The van der Waals surface area contributed by atoms with Crippen LogP contribution in [0.1, 0.15) is 5.56 Å². The maximum Gasteiger partial charge on any atom is 0.293 e. The Bertz CT molecular complexity index is 558. The summed E-state index contributed by atoms with van der Waals surface area (Å²) in [6, 6.07) is 5.55. The van der Waals surface area contributed by atoms with E-state index in [-0.39, 0.29) is 12.5 Å². The minimum atomic E-state index is -1.30. The number of terminal acetylenes is 1. The Morgan fingerprint density at radius 2 is 2.17 bits per heavy atom. The zero-order chi connectivity index (χ0) is 12.8. The summed E-state index contributed by atoms with van der Waals surface area (Å²) < 4.78 is 12.0. The molecule has 1 saturated heterocycles. The second-order valence-corrected chi connectivity index (χ2v) is 4.99. The van der Waals surface area contributed by atoms with Crippen molar-refractivity contribution in [3.63, 3.8) is 0 Å². The molecule has 0 aliphatic carbocycles. The van der Waals surface area contributed by atoms with Crippen LogP contribution in [0, 0.1) is 12.3 Å². The Labute approximate surface area is 113 Å². The van der Waals surface area contributed by atoms with Gasteiger partial charge in [0.2, 0.25) is 0 Å². The third-order valence-electron chi connectivity index (χ3n) is 3.07. The number of halogens is 1. The molecule has 0 unspecified atom stereocenters. The summed E-state index contributed by atoms with van der Waals surface area (Å²) in [5, 5.41) is 0. The van der Waals surface area contributed by atoms with E-state index in [1.54, 1.807) is 0 Å². The molecule has 1 aromatic carbocycles. The number of carbonyl (C=O) groups is 1. The maximum absolute atomic E-state index is 12.5. The Morgan fingerprint density at radius 3 is 2.83 bits per heavy atom.